The topological polar surface area (TPSA) is 85.9 Å². The molecular formula is C29H24F2N4O3. The second-order valence-corrected chi connectivity index (χ2v) is 9.34. The Labute approximate surface area is 216 Å². The van der Waals surface area contributed by atoms with Crippen molar-refractivity contribution < 1.29 is 18.0 Å². The zero-order valence-electron chi connectivity index (χ0n) is 20.8. The van der Waals surface area contributed by atoms with Gasteiger partial charge in [-0.1, -0.05) is 36.3 Å². The van der Waals surface area contributed by atoms with Crippen LogP contribution in [0.5, 0.6) is 5.75 Å². The molecule has 5 aromatic rings. The molecule has 3 aromatic carbocycles. The molecule has 0 saturated heterocycles. The third-order valence-electron chi connectivity index (χ3n) is 6.83. The van der Waals surface area contributed by atoms with Crippen LogP contribution in [0.15, 0.2) is 63.9 Å². The van der Waals surface area contributed by atoms with Crippen LogP contribution >= 0.6 is 0 Å². The van der Waals surface area contributed by atoms with Gasteiger partial charge in [0, 0.05) is 30.2 Å². The van der Waals surface area contributed by atoms with Crippen molar-refractivity contribution in [2.45, 2.75) is 39.8 Å². The minimum atomic E-state index is -1.00. The van der Waals surface area contributed by atoms with E-state index in [0.29, 0.717) is 23.3 Å². The van der Waals surface area contributed by atoms with E-state index in [2.05, 4.69) is 27.7 Å². The summed E-state index contributed by atoms with van der Waals surface area (Å²) in [4.78, 5) is 19.0. The fourth-order valence-electron chi connectivity index (χ4n) is 5.07. The first-order valence-corrected chi connectivity index (χ1v) is 12.4. The van der Waals surface area contributed by atoms with Gasteiger partial charge in [0.1, 0.15) is 18.2 Å². The fourth-order valence-corrected chi connectivity index (χ4v) is 5.07. The summed E-state index contributed by atoms with van der Waals surface area (Å²) in [5.41, 5.74) is 6.12. The van der Waals surface area contributed by atoms with E-state index >= 15 is 0 Å². The number of ether oxygens (including phenoxy) is 1. The predicted molar refractivity (Wildman–Crippen MR) is 139 cm³/mol. The second-order valence-electron chi connectivity index (χ2n) is 9.34. The number of nitrogens with zero attached hydrogens (tertiary/aromatic N) is 3. The van der Waals surface area contributed by atoms with Crippen molar-refractivity contribution in [2.75, 3.05) is 0 Å². The standard InChI is InChI=1S/C29H24F2N4O3/c1-3-6-26-32-23-7-4-5-8-24(23)35(26)14-17-9-10-19-18(11-17)15-37-25-13-22(31)21(30)12-20(25)27(19)16(2)28-33-29(36)38-34-28/h4-5,7-13H,3,6,14-15H2,1-2H3,(H,33,34,36). The Balaban J connectivity index is 1.50. The van der Waals surface area contributed by atoms with Gasteiger partial charge in [-0.25, -0.2) is 18.6 Å². The number of fused-ring (bicyclic) bond motifs is 3. The van der Waals surface area contributed by atoms with Crippen LogP contribution in [0, 0.1) is 11.6 Å². The lowest BCUT2D eigenvalue weighted by Crippen LogP contribution is -2.07. The van der Waals surface area contributed by atoms with E-state index in [1.165, 1.54) is 0 Å². The van der Waals surface area contributed by atoms with Crippen molar-refractivity contribution in [3.63, 3.8) is 0 Å². The number of imidazole rings is 1. The Kier molecular flexibility index (Phi) is 5.90. The summed E-state index contributed by atoms with van der Waals surface area (Å²) >= 11 is 0. The highest BCUT2D eigenvalue weighted by atomic mass is 19.2. The van der Waals surface area contributed by atoms with Gasteiger partial charge >= 0.3 is 5.76 Å². The molecule has 0 radical (unpaired) electrons. The number of para-hydroxylation sites is 2. The van der Waals surface area contributed by atoms with E-state index in [0.717, 1.165) is 58.5 Å². The minimum absolute atomic E-state index is 0.153. The van der Waals surface area contributed by atoms with Crippen LogP contribution in [0.3, 0.4) is 0 Å². The van der Waals surface area contributed by atoms with Crippen molar-refractivity contribution in [1.82, 2.24) is 19.7 Å². The van der Waals surface area contributed by atoms with E-state index in [1.807, 2.05) is 36.4 Å². The molecule has 2 aromatic heterocycles. The average Bonchev–Trinajstić information content (AvgIpc) is 3.45. The lowest BCUT2D eigenvalue weighted by atomic mass is 9.89. The zero-order valence-corrected chi connectivity index (χ0v) is 20.8. The smallest absolute Gasteiger partial charge is 0.439 e. The van der Waals surface area contributed by atoms with Crippen molar-refractivity contribution in [2.24, 2.45) is 0 Å². The number of rotatable bonds is 5. The van der Waals surface area contributed by atoms with Gasteiger partial charge in [-0.3, -0.25) is 9.51 Å². The maximum Gasteiger partial charge on any atom is 0.439 e. The molecule has 7 nitrogen and oxygen atoms in total. The number of H-pyrrole nitrogens is 1. The van der Waals surface area contributed by atoms with E-state index in [1.54, 1.807) is 6.92 Å². The molecule has 0 unspecified atom stereocenters. The maximum absolute atomic E-state index is 14.4. The molecule has 0 amide bonds. The van der Waals surface area contributed by atoms with Gasteiger partial charge in [-0.2, -0.15) is 0 Å². The number of halogens is 2. The summed E-state index contributed by atoms with van der Waals surface area (Å²) in [6, 6.07) is 16.2. The van der Waals surface area contributed by atoms with Crippen LogP contribution < -0.4 is 10.5 Å². The van der Waals surface area contributed by atoms with E-state index in [9.17, 15) is 13.6 Å². The number of nitrogens with one attached hydrogen (secondary N) is 1. The molecule has 0 atom stereocenters. The number of hydrogen-bond donors (Lipinski definition) is 1. The molecule has 9 heteroatoms. The Morgan fingerprint density at radius 2 is 1.89 bits per heavy atom. The molecule has 192 valence electrons. The number of aromatic nitrogens is 4. The van der Waals surface area contributed by atoms with Crippen LogP contribution in [-0.2, 0) is 19.6 Å². The molecule has 0 aliphatic carbocycles. The van der Waals surface area contributed by atoms with Crippen molar-refractivity contribution >= 4 is 22.2 Å². The molecule has 1 aliphatic rings. The summed E-state index contributed by atoms with van der Waals surface area (Å²) in [7, 11) is 0. The SMILES string of the molecule is CCCc1nc2ccccc2n1Cc1ccc2c(c1)COc1cc(F)c(F)cc1C2=C(C)c1noc(=O)[nH]1. The van der Waals surface area contributed by atoms with Gasteiger partial charge in [0.2, 0.25) is 0 Å². The Morgan fingerprint density at radius 3 is 2.68 bits per heavy atom. The highest BCUT2D eigenvalue weighted by Gasteiger charge is 2.25. The molecule has 6 rings (SSSR count). The minimum Gasteiger partial charge on any atom is -0.488 e. The first-order valence-electron chi connectivity index (χ1n) is 12.4. The number of hydrogen-bond acceptors (Lipinski definition) is 5. The normalized spacial score (nSPS) is 14.1. The lowest BCUT2D eigenvalue weighted by molar-refractivity contribution is 0.304. The molecule has 1 aliphatic heterocycles. The van der Waals surface area contributed by atoms with Gasteiger partial charge in [0.15, 0.2) is 17.5 Å². The molecule has 0 spiro atoms. The van der Waals surface area contributed by atoms with Gasteiger partial charge in [-0.15, -0.1) is 0 Å². The highest BCUT2D eigenvalue weighted by molar-refractivity contribution is 5.99. The molecule has 0 bridgehead atoms. The molecular weight excluding hydrogens is 490 g/mol. The molecule has 38 heavy (non-hydrogen) atoms. The quantitative estimate of drug-likeness (QED) is 0.317. The Morgan fingerprint density at radius 1 is 1.08 bits per heavy atom. The summed E-state index contributed by atoms with van der Waals surface area (Å²) in [6.07, 6.45) is 1.83. The van der Waals surface area contributed by atoms with Gasteiger partial charge in [0.05, 0.1) is 11.0 Å². The second kappa shape index (κ2) is 9.41. The monoisotopic (exact) mass is 514 g/mol. The summed E-state index contributed by atoms with van der Waals surface area (Å²) in [6.45, 7) is 4.63. The van der Waals surface area contributed by atoms with Crippen LogP contribution in [0.4, 0.5) is 8.78 Å². The summed E-state index contributed by atoms with van der Waals surface area (Å²) in [5.74, 6) is -1.29. The van der Waals surface area contributed by atoms with Gasteiger partial charge in [0.25, 0.3) is 0 Å². The van der Waals surface area contributed by atoms with Crippen LogP contribution in [0.25, 0.3) is 22.2 Å². The number of benzene rings is 3. The molecule has 0 saturated carbocycles. The number of allylic oxidation sites excluding steroid dienone is 1. The van der Waals surface area contributed by atoms with Crippen molar-refractivity contribution in [3.8, 4) is 5.75 Å². The molecule has 3 heterocycles. The fraction of sp³-hybridized carbons (Fsp3) is 0.207. The van der Waals surface area contributed by atoms with Crippen LogP contribution in [0.2, 0.25) is 0 Å². The first kappa shape index (κ1) is 23.8. The Hall–Kier alpha value is -4.53. The van der Waals surface area contributed by atoms with Crippen LogP contribution in [0.1, 0.15) is 54.2 Å². The number of aromatic amines is 1. The third-order valence-corrected chi connectivity index (χ3v) is 6.83. The van der Waals surface area contributed by atoms with Gasteiger partial charge < -0.3 is 9.30 Å². The number of aryl methyl sites for hydroxylation is 1. The largest absolute Gasteiger partial charge is 0.488 e. The average molecular weight is 515 g/mol. The van der Waals surface area contributed by atoms with Crippen LogP contribution in [-0.4, -0.2) is 19.7 Å². The van der Waals surface area contributed by atoms with E-state index in [4.69, 9.17) is 14.2 Å². The zero-order chi connectivity index (χ0) is 26.4. The predicted octanol–water partition coefficient (Wildman–Crippen LogP) is 5.86. The molecule has 0 fully saturated rings. The van der Waals surface area contributed by atoms with Crippen molar-refractivity contribution in [3.05, 3.63) is 111 Å². The molecule has 1 N–H and O–H groups in total. The van der Waals surface area contributed by atoms with E-state index in [-0.39, 0.29) is 18.2 Å². The summed E-state index contributed by atoms with van der Waals surface area (Å²) in [5, 5.41) is 3.81. The highest BCUT2D eigenvalue weighted by Crippen LogP contribution is 2.41. The van der Waals surface area contributed by atoms with E-state index < -0.39 is 17.4 Å². The maximum atomic E-state index is 14.4. The van der Waals surface area contributed by atoms with Crippen molar-refractivity contribution in [1.29, 1.82) is 0 Å². The lowest BCUT2D eigenvalue weighted by Gasteiger charge is -2.15. The first-order chi connectivity index (χ1) is 18.4. The third kappa shape index (κ3) is 4.09. The summed E-state index contributed by atoms with van der Waals surface area (Å²) < 4.78 is 41.5. The Bertz CT molecular complexity index is 1780. The van der Waals surface area contributed by atoms with Gasteiger partial charge in [-0.05, 0) is 59.9 Å².